The molecule has 4 nitrogen and oxygen atoms in total. The first-order valence-corrected chi connectivity index (χ1v) is 12.0. The van der Waals surface area contributed by atoms with Crippen molar-refractivity contribution in [1.29, 1.82) is 0 Å². The highest BCUT2D eigenvalue weighted by atomic mass is 32.1. The number of benzene rings is 1. The third-order valence-corrected chi connectivity index (χ3v) is 6.76. The molecule has 2 rings (SSSR count). The third kappa shape index (κ3) is 7.20. The van der Waals surface area contributed by atoms with Crippen molar-refractivity contribution < 1.29 is 19.1 Å². The zero-order valence-corrected chi connectivity index (χ0v) is 20.6. The molecule has 0 spiro atoms. The Balaban J connectivity index is 2.06. The van der Waals surface area contributed by atoms with E-state index in [1.807, 2.05) is 32.9 Å². The topological polar surface area (TPSA) is 52.6 Å². The number of carbonyl (C=O) groups excluding carboxylic acids is 2. The summed E-state index contributed by atoms with van der Waals surface area (Å²) in [6, 6.07) is 10.3. The van der Waals surface area contributed by atoms with E-state index in [2.05, 4.69) is 32.0 Å². The molecule has 1 atom stereocenters. The molecule has 1 aromatic carbocycles. The fraction of sp³-hybridized carbons (Fsp3) is 0.538. The second-order valence-electron chi connectivity index (χ2n) is 8.99. The van der Waals surface area contributed by atoms with Gasteiger partial charge in [0, 0.05) is 10.3 Å². The SMILES string of the molecule is CCCc1cc(CCC(CC)c2ccc(C(=O)OC)s2)ccc1OCC(=O)C(C)(C)C. The maximum atomic E-state index is 12.2. The summed E-state index contributed by atoms with van der Waals surface area (Å²) in [5.41, 5.74) is 2.05. The van der Waals surface area contributed by atoms with Crippen LogP contribution in [0.1, 0.15) is 85.5 Å². The van der Waals surface area contributed by atoms with E-state index in [4.69, 9.17) is 9.47 Å². The Hall–Kier alpha value is -2.14. The number of Topliss-reactive ketones (excluding diaryl/α,β-unsaturated/α-hetero) is 1. The van der Waals surface area contributed by atoms with Crippen LogP contribution in [0.4, 0.5) is 0 Å². The van der Waals surface area contributed by atoms with Crippen molar-refractivity contribution in [2.24, 2.45) is 5.41 Å². The van der Waals surface area contributed by atoms with Gasteiger partial charge in [-0.3, -0.25) is 4.79 Å². The lowest BCUT2D eigenvalue weighted by molar-refractivity contribution is -0.128. The highest BCUT2D eigenvalue weighted by Gasteiger charge is 2.22. The van der Waals surface area contributed by atoms with Gasteiger partial charge in [-0.25, -0.2) is 4.79 Å². The molecule has 31 heavy (non-hydrogen) atoms. The van der Waals surface area contributed by atoms with Crippen LogP contribution in [0.2, 0.25) is 0 Å². The van der Waals surface area contributed by atoms with Crippen LogP contribution in [0.3, 0.4) is 0 Å². The molecule has 0 aliphatic carbocycles. The number of ketones is 1. The Morgan fingerprint density at radius 3 is 2.42 bits per heavy atom. The maximum absolute atomic E-state index is 12.2. The summed E-state index contributed by atoms with van der Waals surface area (Å²) in [7, 11) is 1.42. The highest BCUT2D eigenvalue weighted by molar-refractivity contribution is 7.14. The van der Waals surface area contributed by atoms with Crippen molar-refractivity contribution in [3.8, 4) is 5.75 Å². The number of esters is 1. The standard InChI is InChI=1S/C26H36O4S/c1-7-9-20-16-18(11-13-21(20)30-17-24(27)26(3,4)5)10-12-19(8-2)22-14-15-23(31-22)25(28)29-6/h11,13-16,19H,7-10,12,17H2,1-6H3. The van der Waals surface area contributed by atoms with Gasteiger partial charge in [0.05, 0.1) is 7.11 Å². The van der Waals surface area contributed by atoms with Crippen molar-refractivity contribution in [3.05, 3.63) is 51.2 Å². The fourth-order valence-electron chi connectivity index (χ4n) is 3.42. The second kappa shape index (κ2) is 11.5. The number of carbonyl (C=O) groups is 2. The molecule has 0 aliphatic heterocycles. The van der Waals surface area contributed by atoms with Gasteiger partial charge >= 0.3 is 5.97 Å². The van der Waals surface area contributed by atoms with Crippen LogP contribution >= 0.6 is 11.3 Å². The smallest absolute Gasteiger partial charge is 0.348 e. The second-order valence-corrected chi connectivity index (χ2v) is 10.1. The Labute approximate surface area is 191 Å². The van der Waals surface area contributed by atoms with Gasteiger partial charge in [-0.2, -0.15) is 0 Å². The molecule has 0 N–H and O–H groups in total. The Bertz CT molecular complexity index is 876. The van der Waals surface area contributed by atoms with Crippen LogP contribution in [0.15, 0.2) is 30.3 Å². The number of aryl methyl sites for hydroxylation is 2. The zero-order chi connectivity index (χ0) is 23.0. The van der Waals surface area contributed by atoms with Crippen LogP contribution < -0.4 is 4.74 Å². The summed E-state index contributed by atoms with van der Waals surface area (Å²) in [5.74, 6) is 1.07. The van der Waals surface area contributed by atoms with E-state index in [0.717, 1.165) is 37.9 Å². The van der Waals surface area contributed by atoms with E-state index in [-0.39, 0.29) is 18.4 Å². The summed E-state index contributed by atoms with van der Waals surface area (Å²) in [4.78, 5) is 25.9. The maximum Gasteiger partial charge on any atom is 0.348 e. The van der Waals surface area contributed by atoms with Gasteiger partial charge in [0.15, 0.2) is 5.78 Å². The first kappa shape index (κ1) is 25.1. The number of ether oxygens (including phenoxy) is 2. The molecular weight excluding hydrogens is 408 g/mol. The molecule has 0 radical (unpaired) electrons. The molecule has 1 aromatic heterocycles. The lowest BCUT2D eigenvalue weighted by atomic mass is 9.91. The van der Waals surface area contributed by atoms with Gasteiger partial charge in [-0.1, -0.05) is 53.2 Å². The molecule has 0 amide bonds. The average Bonchev–Trinajstić information content (AvgIpc) is 3.22. The molecule has 1 unspecified atom stereocenters. The average molecular weight is 445 g/mol. The summed E-state index contributed by atoms with van der Waals surface area (Å²) >= 11 is 1.53. The van der Waals surface area contributed by atoms with Crippen LogP contribution in [-0.2, 0) is 22.4 Å². The van der Waals surface area contributed by atoms with E-state index in [9.17, 15) is 9.59 Å². The third-order valence-electron chi connectivity index (χ3n) is 5.53. The number of thiophene rings is 1. The van der Waals surface area contributed by atoms with Crippen molar-refractivity contribution in [2.45, 2.75) is 72.6 Å². The normalized spacial score (nSPS) is 12.5. The van der Waals surface area contributed by atoms with E-state index in [1.165, 1.54) is 34.5 Å². The fourth-order valence-corrected chi connectivity index (χ4v) is 4.57. The number of rotatable bonds is 11. The van der Waals surface area contributed by atoms with Crippen molar-refractivity contribution in [3.63, 3.8) is 0 Å². The molecule has 0 aliphatic rings. The Morgan fingerprint density at radius 1 is 1.06 bits per heavy atom. The minimum atomic E-state index is -0.393. The predicted molar refractivity (Wildman–Crippen MR) is 127 cm³/mol. The van der Waals surface area contributed by atoms with E-state index < -0.39 is 5.41 Å². The first-order chi connectivity index (χ1) is 14.7. The predicted octanol–water partition coefficient (Wildman–Crippen LogP) is 6.61. The molecule has 2 aromatic rings. The molecule has 1 heterocycles. The minimum absolute atomic E-state index is 0.104. The van der Waals surface area contributed by atoms with Gasteiger partial charge < -0.3 is 9.47 Å². The van der Waals surface area contributed by atoms with E-state index in [1.54, 1.807) is 0 Å². The summed E-state index contributed by atoms with van der Waals surface area (Å²) in [6.07, 6.45) is 4.96. The quantitative estimate of drug-likeness (QED) is 0.366. The highest BCUT2D eigenvalue weighted by Crippen LogP contribution is 2.32. The Kier molecular flexibility index (Phi) is 9.30. The van der Waals surface area contributed by atoms with Crippen LogP contribution in [0.5, 0.6) is 5.75 Å². The van der Waals surface area contributed by atoms with E-state index >= 15 is 0 Å². The van der Waals surface area contributed by atoms with Crippen LogP contribution in [-0.4, -0.2) is 25.5 Å². The zero-order valence-electron chi connectivity index (χ0n) is 19.7. The number of methoxy groups -OCH3 is 1. The first-order valence-electron chi connectivity index (χ1n) is 11.2. The van der Waals surface area contributed by atoms with Gasteiger partial charge in [0.1, 0.15) is 17.2 Å². The van der Waals surface area contributed by atoms with Crippen molar-refractivity contribution in [1.82, 2.24) is 0 Å². The largest absolute Gasteiger partial charge is 0.486 e. The van der Waals surface area contributed by atoms with Gasteiger partial charge in [-0.15, -0.1) is 11.3 Å². The summed E-state index contributed by atoms with van der Waals surface area (Å²) in [6.45, 7) is 10.2. The van der Waals surface area contributed by atoms with Crippen LogP contribution in [0, 0.1) is 5.41 Å². The molecule has 0 fully saturated rings. The monoisotopic (exact) mass is 444 g/mol. The minimum Gasteiger partial charge on any atom is -0.486 e. The van der Waals surface area contributed by atoms with Crippen molar-refractivity contribution >= 4 is 23.1 Å². The van der Waals surface area contributed by atoms with Crippen LogP contribution in [0.25, 0.3) is 0 Å². The Morgan fingerprint density at radius 2 is 1.81 bits per heavy atom. The van der Waals surface area contributed by atoms with Gasteiger partial charge in [-0.05, 0) is 60.9 Å². The summed E-state index contributed by atoms with van der Waals surface area (Å²) in [5, 5.41) is 0. The molecule has 0 saturated heterocycles. The van der Waals surface area contributed by atoms with Crippen molar-refractivity contribution in [2.75, 3.05) is 13.7 Å². The lowest BCUT2D eigenvalue weighted by Gasteiger charge is -2.19. The lowest BCUT2D eigenvalue weighted by Crippen LogP contribution is -2.26. The van der Waals surface area contributed by atoms with Gasteiger partial charge in [0.25, 0.3) is 0 Å². The van der Waals surface area contributed by atoms with E-state index in [0.29, 0.717) is 10.8 Å². The molecular formula is C26H36O4S. The number of hydrogen-bond acceptors (Lipinski definition) is 5. The van der Waals surface area contributed by atoms with Gasteiger partial charge in [0.2, 0.25) is 0 Å². The number of hydrogen-bond donors (Lipinski definition) is 0. The molecule has 170 valence electrons. The molecule has 0 bridgehead atoms. The molecule has 5 heteroatoms. The summed E-state index contributed by atoms with van der Waals surface area (Å²) < 4.78 is 10.7. The molecule has 0 saturated carbocycles.